The van der Waals surface area contributed by atoms with Gasteiger partial charge < -0.3 is 9.64 Å². The third-order valence-electron chi connectivity index (χ3n) is 4.11. The number of methoxy groups -OCH3 is 1. The van der Waals surface area contributed by atoms with Crippen LogP contribution in [0.15, 0.2) is 34.5 Å². The fourth-order valence-corrected chi connectivity index (χ4v) is 5.31. The van der Waals surface area contributed by atoms with Crippen molar-refractivity contribution in [1.82, 2.24) is 9.62 Å². The Morgan fingerprint density at radius 1 is 1.21 bits per heavy atom. The number of sulfonamides is 1. The highest BCUT2D eigenvalue weighted by Crippen LogP contribution is 2.35. The summed E-state index contributed by atoms with van der Waals surface area (Å²) < 4.78 is 31.4. The van der Waals surface area contributed by atoms with Gasteiger partial charge in [-0.1, -0.05) is 24.3 Å². The topological polar surface area (TPSA) is 92.8 Å². The van der Waals surface area contributed by atoms with Gasteiger partial charge in [-0.2, -0.15) is 0 Å². The van der Waals surface area contributed by atoms with Gasteiger partial charge in [0.25, 0.3) is 10.0 Å². The zero-order chi connectivity index (χ0) is 21.1. The third kappa shape index (κ3) is 5.11. The average molecular weight is 425 g/mol. The molecule has 7 nitrogen and oxygen atoms in total. The molecular weight excluding hydrogens is 400 g/mol. The zero-order valence-electron chi connectivity index (χ0n) is 16.5. The number of rotatable bonds is 6. The molecule has 0 aliphatic rings. The lowest BCUT2D eigenvalue weighted by Gasteiger charge is -2.25. The number of hydrogen-bond donors (Lipinski definition) is 1. The van der Waals surface area contributed by atoms with Gasteiger partial charge in [0.2, 0.25) is 5.91 Å². The Kier molecular flexibility index (Phi) is 6.84. The summed E-state index contributed by atoms with van der Waals surface area (Å²) in [7, 11) is -2.94. The van der Waals surface area contributed by atoms with Crippen LogP contribution < -0.4 is 4.72 Å². The number of thiophene rings is 1. The minimum atomic E-state index is -4.04. The van der Waals surface area contributed by atoms with Crippen LogP contribution in [-0.2, 0) is 26.1 Å². The molecule has 9 heteroatoms. The van der Waals surface area contributed by atoms with Crippen molar-refractivity contribution in [3.8, 4) is 11.1 Å². The van der Waals surface area contributed by atoms with Crippen LogP contribution in [0.5, 0.6) is 0 Å². The van der Waals surface area contributed by atoms with Crippen LogP contribution in [0.1, 0.15) is 31.2 Å². The number of carbonyl (C=O) groups excluding carboxylic acids is 2. The third-order valence-corrected chi connectivity index (χ3v) is 7.01. The van der Waals surface area contributed by atoms with E-state index in [4.69, 9.17) is 0 Å². The maximum atomic E-state index is 12.5. The molecule has 1 aromatic carbocycles. The van der Waals surface area contributed by atoms with Crippen molar-refractivity contribution in [2.24, 2.45) is 0 Å². The van der Waals surface area contributed by atoms with Gasteiger partial charge in [-0.3, -0.25) is 4.79 Å². The minimum Gasteiger partial charge on any atom is -0.452 e. The van der Waals surface area contributed by atoms with Crippen molar-refractivity contribution in [2.75, 3.05) is 7.11 Å². The molecule has 0 saturated heterocycles. The summed E-state index contributed by atoms with van der Waals surface area (Å²) in [4.78, 5) is 25.7. The highest BCUT2D eigenvalue weighted by Gasteiger charge is 2.25. The molecule has 152 valence electrons. The number of ether oxygens (including phenoxy) is 1. The largest absolute Gasteiger partial charge is 0.452 e. The number of nitrogens with zero attached hydrogens (tertiary/aromatic N) is 1. The second kappa shape index (κ2) is 8.74. The molecule has 28 heavy (non-hydrogen) atoms. The number of amides is 2. The quantitative estimate of drug-likeness (QED) is 0.766. The predicted molar refractivity (Wildman–Crippen MR) is 109 cm³/mol. The van der Waals surface area contributed by atoms with E-state index in [1.54, 1.807) is 17.9 Å². The molecule has 2 amide bonds. The van der Waals surface area contributed by atoms with E-state index in [1.165, 1.54) is 6.92 Å². The van der Waals surface area contributed by atoms with Gasteiger partial charge in [-0.05, 0) is 38.0 Å². The Balaban J connectivity index is 2.35. The first kappa shape index (κ1) is 21.9. The fourth-order valence-electron chi connectivity index (χ4n) is 2.74. The summed E-state index contributed by atoms with van der Waals surface area (Å²) in [6, 6.07) is 9.20. The Morgan fingerprint density at radius 3 is 2.32 bits per heavy atom. The molecule has 0 aliphatic carbocycles. The molecule has 2 aromatic rings. The maximum Gasteiger partial charge on any atom is 0.420 e. The minimum absolute atomic E-state index is 0.00481. The second-order valence-electron chi connectivity index (χ2n) is 6.59. The summed E-state index contributed by atoms with van der Waals surface area (Å²) in [5.74, 6) is -0.00481. The van der Waals surface area contributed by atoms with Crippen molar-refractivity contribution < 1.29 is 22.7 Å². The molecular formula is C19H24N2O5S2. The SMILES string of the molecule is COC(=O)NS(=O)(=O)c1sc(C)cc1-c1ccc(CN(C(C)=O)C(C)C)cc1. The molecule has 0 atom stereocenters. The number of carbonyl (C=O) groups is 2. The number of nitrogens with one attached hydrogen (secondary N) is 1. The monoisotopic (exact) mass is 424 g/mol. The molecule has 0 saturated carbocycles. The molecule has 0 radical (unpaired) electrons. The lowest BCUT2D eigenvalue weighted by molar-refractivity contribution is -0.131. The molecule has 0 unspecified atom stereocenters. The van der Waals surface area contributed by atoms with Crippen LogP contribution in [0.3, 0.4) is 0 Å². The number of benzene rings is 1. The van der Waals surface area contributed by atoms with Gasteiger partial charge in [0.15, 0.2) is 0 Å². The van der Waals surface area contributed by atoms with Gasteiger partial charge in [-0.25, -0.2) is 17.9 Å². The molecule has 0 aliphatic heterocycles. The summed E-state index contributed by atoms with van der Waals surface area (Å²) in [6.45, 7) is 7.72. The van der Waals surface area contributed by atoms with E-state index in [0.717, 1.165) is 28.9 Å². The molecule has 2 rings (SSSR count). The standard InChI is InChI=1S/C19H24N2O5S2/c1-12(2)21(14(4)22)11-15-6-8-16(9-7-15)17-10-13(3)27-18(17)28(24,25)20-19(23)26-5/h6-10,12H,11H2,1-5H3,(H,20,23). The van der Waals surface area contributed by atoms with Gasteiger partial charge in [0.05, 0.1) is 7.11 Å². The molecule has 0 bridgehead atoms. The van der Waals surface area contributed by atoms with Crippen molar-refractivity contribution in [3.05, 3.63) is 40.8 Å². The van der Waals surface area contributed by atoms with E-state index < -0.39 is 16.1 Å². The van der Waals surface area contributed by atoms with Crippen LogP contribution in [0.2, 0.25) is 0 Å². The van der Waals surface area contributed by atoms with Crippen LogP contribution in [0, 0.1) is 6.92 Å². The molecule has 1 aromatic heterocycles. The first-order valence-corrected chi connectivity index (χ1v) is 10.9. The first-order valence-electron chi connectivity index (χ1n) is 8.63. The van der Waals surface area contributed by atoms with Crippen LogP contribution >= 0.6 is 11.3 Å². The Hall–Kier alpha value is -2.39. The van der Waals surface area contributed by atoms with E-state index >= 15 is 0 Å². The molecule has 1 N–H and O–H groups in total. The fraction of sp³-hybridized carbons (Fsp3) is 0.368. The highest BCUT2D eigenvalue weighted by atomic mass is 32.2. The normalized spacial score (nSPS) is 11.4. The second-order valence-corrected chi connectivity index (χ2v) is 9.73. The molecule has 0 fully saturated rings. The highest BCUT2D eigenvalue weighted by molar-refractivity contribution is 7.92. The lowest BCUT2D eigenvalue weighted by atomic mass is 10.1. The van der Waals surface area contributed by atoms with Crippen LogP contribution in [-0.4, -0.2) is 38.5 Å². The van der Waals surface area contributed by atoms with Crippen LogP contribution in [0.4, 0.5) is 4.79 Å². The van der Waals surface area contributed by atoms with Crippen molar-refractivity contribution in [1.29, 1.82) is 0 Å². The van der Waals surface area contributed by atoms with E-state index in [-0.39, 0.29) is 16.2 Å². The van der Waals surface area contributed by atoms with Crippen molar-refractivity contribution in [2.45, 2.75) is 44.5 Å². The van der Waals surface area contributed by atoms with E-state index in [0.29, 0.717) is 17.7 Å². The van der Waals surface area contributed by atoms with Gasteiger partial charge in [-0.15, -0.1) is 11.3 Å². The molecule has 1 heterocycles. The smallest absolute Gasteiger partial charge is 0.420 e. The van der Waals surface area contributed by atoms with E-state index in [2.05, 4.69) is 4.74 Å². The number of aryl methyl sites for hydroxylation is 1. The summed E-state index contributed by atoms with van der Waals surface area (Å²) in [6.07, 6.45) is -1.04. The van der Waals surface area contributed by atoms with Crippen molar-refractivity contribution >= 4 is 33.4 Å². The first-order chi connectivity index (χ1) is 13.0. The summed E-state index contributed by atoms with van der Waals surface area (Å²) >= 11 is 1.08. The van der Waals surface area contributed by atoms with Crippen LogP contribution in [0.25, 0.3) is 11.1 Å². The number of hydrogen-bond acceptors (Lipinski definition) is 6. The predicted octanol–water partition coefficient (Wildman–Crippen LogP) is 3.53. The van der Waals surface area contributed by atoms with Crippen molar-refractivity contribution in [3.63, 3.8) is 0 Å². The zero-order valence-corrected chi connectivity index (χ0v) is 18.1. The van der Waals surface area contributed by atoms with E-state index in [9.17, 15) is 18.0 Å². The Bertz CT molecular complexity index is 963. The Morgan fingerprint density at radius 2 is 1.82 bits per heavy atom. The molecule has 0 spiro atoms. The lowest BCUT2D eigenvalue weighted by Crippen LogP contribution is -2.34. The Labute approximate surface area is 169 Å². The van der Waals surface area contributed by atoms with E-state index in [1.807, 2.05) is 42.8 Å². The maximum absolute atomic E-state index is 12.5. The summed E-state index contributed by atoms with van der Waals surface area (Å²) in [5, 5.41) is 0. The van der Waals surface area contributed by atoms with Gasteiger partial charge in [0, 0.05) is 30.0 Å². The van der Waals surface area contributed by atoms with Gasteiger partial charge in [0.1, 0.15) is 4.21 Å². The average Bonchev–Trinajstić information content (AvgIpc) is 3.02. The van der Waals surface area contributed by atoms with Gasteiger partial charge >= 0.3 is 6.09 Å². The summed E-state index contributed by atoms with van der Waals surface area (Å²) in [5.41, 5.74) is 2.16.